The summed E-state index contributed by atoms with van der Waals surface area (Å²) in [5.41, 5.74) is 0.0517. The van der Waals surface area contributed by atoms with Gasteiger partial charge in [0, 0.05) is 49.1 Å². The number of nitrogens with zero attached hydrogens (tertiary/aromatic N) is 5. The van der Waals surface area contributed by atoms with Crippen LogP contribution in [0.25, 0.3) is 16.9 Å². The molecule has 2 aromatic heterocycles. The second-order valence-corrected chi connectivity index (χ2v) is 9.50. The van der Waals surface area contributed by atoms with Gasteiger partial charge in [-0.3, -0.25) is 4.98 Å². The molecule has 2 N–H and O–H groups in total. The lowest BCUT2D eigenvalue weighted by molar-refractivity contribution is -0.0570. The van der Waals surface area contributed by atoms with Gasteiger partial charge in [0.2, 0.25) is 0 Å². The van der Waals surface area contributed by atoms with Crippen molar-refractivity contribution in [3.63, 3.8) is 0 Å². The number of benzene rings is 1. The Morgan fingerprint density at radius 2 is 2.00 bits per heavy atom. The van der Waals surface area contributed by atoms with Crippen LogP contribution in [0.2, 0.25) is 0 Å². The Bertz CT molecular complexity index is 1130. The summed E-state index contributed by atoms with van der Waals surface area (Å²) in [6, 6.07) is 5.21. The van der Waals surface area contributed by atoms with E-state index in [1.54, 1.807) is 54.7 Å². The molecule has 2 aliphatic rings. The molecule has 7 nitrogen and oxygen atoms in total. The Labute approximate surface area is 185 Å². The minimum Gasteiger partial charge on any atom is -0.507 e. The van der Waals surface area contributed by atoms with Gasteiger partial charge in [0.25, 0.3) is 5.92 Å². The Kier molecular flexibility index (Phi) is 4.53. The molecular formula is C23H26F2N6O. The van der Waals surface area contributed by atoms with E-state index in [0.717, 1.165) is 5.69 Å². The maximum absolute atomic E-state index is 14.6. The summed E-state index contributed by atoms with van der Waals surface area (Å²) in [7, 11) is 1.88. The number of halogens is 2. The second kappa shape index (κ2) is 6.96. The van der Waals surface area contributed by atoms with Crippen molar-refractivity contribution in [1.29, 1.82) is 0 Å². The predicted octanol–water partition coefficient (Wildman–Crippen LogP) is 3.78. The smallest absolute Gasteiger partial charge is 0.267 e. The molecule has 3 atom stereocenters. The second-order valence-electron chi connectivity index (χ2n) is 9.50. The minimum atomic E-state index is -2.74. The molecule has 0 aliphatic carbocycles. The van der Waals surface area contributed by atoms with Crippen LogP contribution >= 0.6 is 0 Å². The maximum atomic E-state index is 14.6. The lowest BCUT2D eigenvalue weighted by Gasteiger charge is -2.45. The van der Waals surface area contributed by atoms with Crippen LogP contribution in [-0.2, 0) is 0 Å². The molecule has 0 radical (unpaired) electrons. The van der Waals surface area contributed by atoms with Crippen molar-refractivity contribution < 1.29 is 13.9 Å². The first-order valence-electron chi connectivity index (χ1n) is 10.6. The summed E-state index contributed by atoms with van der Waals surface area (Å²) in [5.74, 6) is -2.04. The maximum Gasteiger partial charge on any atom is 0.267 e. The molecular weight excluding hydrogens is 414 g/mol. The number of phenolic OH excluding ortho intramolecular Hbond substituents is 1. The first-order chi connectivity index (χ1) is 15.1. The van der Waals surface area contributed by atoms with E-state index in [1.807, 2.05) is 24.9 Å². The monoisotopic (exact) mass is 440 g/mol. The number of hydrogen-bond acceptors (Lipinski definition) is 6. The molecule has 2 saturated heterocycles. The number of imidazole rings is 1. The Morgan fingerprint density at radius 3 is 2.62 bits per heavy atom. The van der Waals surface area contributed by atoms with E-state index in [0.29, 0.717) is 29.9 Å². The van der Waals surface area contributed by atoms with Gasteiger partial charge >= 0.3 is 0 Å². The van der Waals surface area contributed by atoms with Gasteiger partial charge < -0.3 is 19.9 Å². The highest BCUT2D eigenvalue weighted by Crippen LogP contribution is 2.52. The lowest BCUT2D eigenvalue weighted by atomic mass is 9.83. The summed E-state index contributed by atoms with van der Waals surface area (Å²) >= 11 is 0. The fourth-order valence-corrected chi connectivity index (χ4v) is 5.29. The van der Waals surface area contributed by atoms with Gasteiger partial charge in [-0.1, -0.05) is 0 Å². The van der Waals surface area contributed by atoms with Crippen LogP contribution in [0.5, 0.6) is 5.75 Å². The Morgan fingerprint density at radius 1 is 1.19 bits per heavy atom. The third-order valence-electron chi connectivity index (χ3n) is 6.93. The Balaban J connectivity index is 1.36. The quantitative estimate of drug-likeness (QED) is 0.643. The number of fused-ring (bicyclic) bond motifs is 2. The number of hydrogen-bond donors (Lipinski definition) is 2. The van der Waals surface area contributed by atoms with Crippen molar-refractivity contribution in [3.8, 4) is 22.7 Å². The molecule has 2 fully saturated rings. The molecule has 2 bridgehead atoms. The molecule has 0 unspecified atom stereocenters. The highest BCUT2D eigenvalue weighted by Gasteiger charge is 2.65. The average Bonchev–Trinajstić information content (AvgIpc) is 3.30. The number of aromatic nitrogens is 4. The van der Waals surface area contributed by atoms with E-state index in [-0.39, 0.29) is 18.2 Å². The summed E-state index contributed by atoms with van der Waals surface area (Å²) in [5, 5.41) is 13.7. The van der Waals surface area contributed by atoms with Gasteiger partial charge in [-0.15, -0.1) is 0 Å². The standard InChI is InChI=1S/C23H26F2N6O/c1-21-9-16(10-22(2,29-21)23(24,25)13-21)30(3)20-12-27-18(11-28-20)17-5-4-15(8-19(17)32)31-7-6-26-14-31/h4-8,11-12,14,16,29,32H,9-10,13H2,1-3H3/t16-,21+,22-/m1/s1. The number of piperidine rings is 1. The number of anilines is 1. The van der Waals surface area contributed by atoms with Crippen LogP contribution in [0.3, 0.4) is 0 Å². The highest BCUT2D eigenvalue weighted by molar-refractivity contribution is 5.68. The van der Waals surface area contributed by atoms with E-state index >= 15 is 0 Å². The van der Waals surface area contributed by atoms with E-state index in [4.69, 9.17) is 0 Å². The van der Waals surface area contributed by atoms with Crippen molar-refractivity contribution in [2.24, 2.45) is 0 Å². The zero-order valence-corrected chi connectivity index (χ0v) is 18.3. The van der Waals surface area contributed by atoms with E-state index in [1.165, 1.54) is 0 Å². The summed E-state index contributed by atoms with van der Waals surface area (Å²) in [6.45, 7) is 3.49. The van der Waals surface area contributed by atoms with Crippen molar-refractivity contribution >= 4 is 5.82 Å². The molecule has 5 rings (SSSR count). The van der Waals surface area contributed by atoms with Gasteiger partial charge in [0.1, 0.15) is 11.6 Å². The largest absolute Gasteiger partial charge is 0.507 e. The first kappa shape index (κ1) is 20.8. The van der Waals surface area contributed by atoms with Gasteiger partial charge in [-0.2, -0.15) is 0 Å². The molecule has 1 aromatic carbocycles. The number of phenols is 1. The van der Waals surface area contributed by atoms with Gasteiger partial charge in [0.05, 0.1) is 35.6 Å². The number of alkyl halides is 2. The minimum absolute atomic E-state index is 0.0809. The normalized spacial score (nSPS) is 28.6. The molecule has 0 spiro atoms. The van der Waals surface area contributed by atoms with Crippen LogP contribution in [0.4, 0.5) is 14.6 Å². The molecule has 9 heteroatoms. The van der Waals surface area contributed by atoms with Crippen molar-refractivity contribution in [2.75, 3.05) is 11.9 Å². The third-order valence-corrected chi connectivity index (χ3v) is 6.93. The molecule has 0 amide bonds. The molecule has 0 saturated carbocycles. The highest BCUT2D eigenvalue weighted by atomic mass is 19.3. The zero-order chi connectivity index (χ0) is 22.7. The first-order valence-corrected chi connectivity index (χ1v) is 10.6. The molecule has 3 aromatic rings. The van der Waals surface area contributed by atoms with E-state index < -0.39 is 17.0 Å². The van der Waals surface area contributed by atoms with Crippen LogP contribution in [-0.4, -0.2) is 54.7 Å². The van der Waals surface area contributed by atoms with Crippen LogP contribution in [0.15, 0.2) is 49.3 Å². The molecule has 2 aliphatic heterocycles. The average molecular weight is 440 g/mol. The molecule has 4 heterocycles. The van der Waals surface area contributed by atoms with Gasteiger partial charge in [0.15, 0.2) is 0 Å². The van der Waals surface area contributed by atoms with Crippen LogP contribution < -0.4 is 10.2 Å². The van der Waals surface area contributed by atoms with Crippen LogP contribution in [0, 0.1) is 0 Å². The SMILES string of the molecule is CN(c1cnc(-c2ccc(-n3ccnc3)cc2O)cn1)[C@@H]1C[C@@]2(C)CC(F)(F)[C@@](C)(C1)N2. The topological polar surface area (TPSA) is 79.1 Å². The Hall–Kier alpha value is -3.07. The summed E-state index contributed by atoms with van der Waals surface area (Å²) in [6.07, 6.45) is 9.13. The third kappa shape index (κ3) is 3.31. The number of rotatable bonds is 4. The van der Waals surface area contributed by atoms with Crippen LogP contribution in [0.1, 0.15) is 33.1 Å². The van der Waals surface area contributed by atoms with Crippen molar-refractivity contribution in [3.05, 3.63) is 49.3 Å². The van der Waals surface area contributed by atoms with E-state index in [9.17, 15) is 13.9 Å². The van der Waals surface area contributed by atoms with E-state index in [2.05, 4.69) is 20.3 Å². The fraction of sp³-hybridized carbons (Fsp3) is 0.435. The fourth-order valence-electron chi connectivity index (χ4n) is 5.29. The molecule has 32 heavy (non-hydrogen) atoms. The number of aromatic hydroxyl groups is 1. The number of nitrogens with one attached hydrogen (secondary N) is 1. The molecule has 168 valence electrons. The van der Waals surface area contributed by atoms with Gasteiger partial charge in [-0.25, -0.2) is 18.7 Å². The lowest BCUT2D eigenvalue weighted by Crippen LogP contribution is -2.61. The zero-order valence-electron chi connectivity index (χ0n) is 18.3. The summed E-state index contributed by atoms with van der Waals surface area (Å²) < 4.78 is 31.1. The predicted molar refractivity (Wildman–Crippen MR) is 117 cm³/mol. The van der Waals surface area contributed by atoms with Crippen molar-refractivity contribution in [1.82, 2.24) is 24.8 Å². The van der Waals surface area contributed by atoms with Gasteiger partial charge in [-0.05, 0) is 38.8 Å². The summed E-state index contributed by atoms with van der Waals surface area (Å²) in [4.78, 5) is 15.0. The van der Waals surface area contributed by atoms with Crippen molar-refractivity contribution in [2.45, 2.75) is 56.2 Å².